The SMILES string of the molecule is C=C(Br)CNS(=O)(=O)c1cc(Cl)c(Br)c(N)c1F. The lowest BCUT2D eigenvalue weighted by Crippen LogP contribution is -2.26. The van der Waals surface area contributed by atoms with Crippen molar-refractivity contribution in [3.8, 4) is 0 Å². The molecule has 0 aromatic heterocycles. The molecule has 0 heterocycles. The summed E-state index contributed by atoms with van der Waals surface area (Å²) in [6.07, 6.45) is 0. The van der Waals surface area contributed by atoms with Gasteiger partial charge in [0.05, 0.1) is 15.2 Å². The van der Waals surface area contributed by atoms with E-state index in [-0.39, 0.29) is 21.7 Å². The molecular weight excluding hydrogens is 414 g/mol. The molecule has 3 N–H and O–H groups in total. The number of sulfonamides is 1. The minimum atomic E-state index is -4.05. The summed E-state index contributed by atoms with van der Waals surface area (Å²) in [5, 5.41) is 0.00643. The number of hydrogen-bond acceptors (Lipinski definition) is 3. The van der Waals surface area contributed by atoms with E-state index in [2.05, 4.69) is 43.2 Å². The molecule has 0 aliphatic heterocycles. The highest BCUT2D eigenvalue weighted by Gasteiger charge is 2.23. The van der Waals surface area contributed by atoms with Crippen molar-refractivity contribution >= 4 is 59.2 Å². The third-order valence-corrected chi connectivity index (χ3v) is 4.96. The second-order valence-corrected chi connectivity index (χ2v) is 7.30. The van der Waals surface area contributed by atoms with Gasteiger partial charge in [-0.05, 0) is 22.0 Å². The zero-order chi connectivity index (χ0) is 14.1. The van der Waals surface area contributed by atoms with E-state index >= 15 is 0 Å². The van der Waals surface area contributed by atoms with Gasteiger partial charge in [0.25, 0.3) is 0 Å². The summed E-state index contributed by atoms with van der Waals surface area (Å²) in [4.78, 5) is -0.609. The number of anilines is 1. The fraction of sp³-hybridized carbons (Fsp3) is 0.111. The smallest absolute Gasteiger partial charge is 0.243 e. The fourth-order valence-electron chi connectivity index (χ4n) is 1.05. The van der Waals surface area contributed by atoms with Gasteiger partial charge in [-0.15, -0.1) is 0 Å². The first-order chi connectivity index (χ1) is 8.16. The molecule has 1 aromatic rings. The molecule has 1 aromatic carbocycles. The molecule has 0 amide bonds. The van der Waals surface area contributed by atoms with E-state index in [1.165, 1.54) is 0 Å². The molecule has 0 saturated heterocycles. The summed E-state index contributed by atoms with van der Waals surface area (Å²) in [5.74, 6) is -1.06. The van der Waals surface area contributed by atoms with E-state index in [1.54, 1.807) is 0 Å². The molecule has 0 unspecified atom stereocenters. The molecule has 0 spiro atoms. The lowest BCUT2D eigenvalue weighted by Gasteiger charge is -2.10. The number of nitrogens with one attached hydrogen (secondary N) is 1. The van der Waals surface area contributed by atoms with Crippen LogP contribution in [-0.2, 0) is 10.0 Å². The second-order valence-electron chi connectivity index (χ2n) is 3.24. The van der Waals surface area contributed by atoms with E-state index in [1.807, 2.05) is 0 Å². The normalized spacial score (nSPS) is 11.6. The summed E-state index contributed by atoms with van der Waals surface area (Å²) < 4.78 is 40.1. The minimum Gasteiger partial charge on any atom is -0.395 e. The predicted octanol–water partition coefficient (Wildman–Crippen LogP) is 3.01. The molecule has 0 bridgehead atoms. The van der Waals surface area contributed by atoms with Crippen LogP contribution < -0.4 is 10.5 Å². The largest absolute Gasteiger partial charge is 0.395 e. The van der Waals surface area contributed by atoms with Crippen molar-refractivity contribution < 1.29 is 12.8 Å². The minimum absolute atomic E-state index is 0.00643. The average Bonchev–Trinajstić information content (AvgIpc) is 2.28. The maximum Gasteiger partial charge on any atom is 0.243 e. The molecule has 1 rings (SSSR count). The van der Waals surface area contributed by atoms with Crippen LogP contribution in [0.15, 0.2) is 26.5 Å². The maximum atomic E-state index is 13.8. The third-order valence-electron chi connectivity index (χ3n) is 1.90. The van der Waals surface area contributed by atoms with Crippen LogP contribution in [0.5, 0.6) is 0 Å². The Hall–Kier alpha value is -0.150. The molecule has 4 nitrogen and oxygen atoms in total. The lowest BCUT2D eigenvalue weighted by atomic mass is 10.3. The highest BCUT2D eigenvalue weighted by Crippen LogP contribution is 2.34. The van der Waals surface area contributed by atoms with Gasteiger partial charge in [0.1, 0.15) is 4.90 Å². The van der Waals surface area contributed by atoms with Crippen LogP contribution in [0.3, 0.4) is 0 Å². The van der Waals surface area contributed by atoms with Crippen molar-refractivity contribution in [3.63, 3.8) is 0 Å². The average molecular weight is 423 g/mol. The Balaban J connectivity index is 3.29. The number of nitrogens with two attached hydrogens (primary N) is 1. The lowest BCUT2D eigenvalue weighted by molar-refractivity contribution is 0.561. The first kappa shape index (κ1) is 15.9. The zero-order valence-corrected chi connectivity index (χ0v) is 13.5. The maximum absolute atomic E-state index is 13.8. The number of hydrogen-bond donors (Lipinski definition) is 2. The summed E-state index contributed by atoms with van der Waals surface area (Å²) in [7, 11) is -4.05. The molecule has 0 radical (unpaired) electrons. The van der Waals surface area contributed by atoms with E-state index in [9.17, 15) is 12.8 Å². The van der Waals surface area contributed by atoms with Gasteiger partial charge in [0, 0.05) is 11.0 Å². The number of rotatable bonds is 4. The first-order valence-electron chi connectivity index (χ1n) is 4.42. The summed E-state index contributed by atoms with van der Waals surface area (Å²) in [6, 6.07) is 0.983. The van der Waals surface area contributed by atoms with E-state index < -0.39 is 20.7 Å². The number of benzene rings is 1. The van der Waals surface area contributed by atoms with Crippen LogP contribution in [0.2, 0.25) is 5.02 Å². The van der Waals surface area contributed by atoms with Crippen LogP contribution in [0, 0.1) is 5.82 Å². The fourth-order valence-corrected chi connectivity index (χ4v) is 3.07. The van der Waals surface area contributed by atoms with Crippen molar-refractivity contribution in [1.29, 1.82) is 0 Å². The topological polar surface area (TPSA) is 72.2 Å². The summed E-state index contributed by atoms with van der Waals surface area (Å²) in [6.45, 7) is 3.39. The Morgan fingerprint density at radius 2 is 2.17 bits per heavy atom. The van der Waals surface area contributed by atoms with Gasteiger partial charge in [-0.25, -0.2) is 17.5 Å². The molecule has 0 fully saturated rings. The van der Waals surface area contributed by atoms with Crippen LogP contribution in [-0.4, -0.2) is 15.0 Å². The molecule has 9 heteroatoms. The molecular formula is C9H8Br2ClFN2O2S. The van der Waals surface area contributed by atoms with Gasteiger partial charge in [-0.2, -0.15) is 0 Å². The zero-order valence-electron chi connectivity index (χ0n) is 8.81. The van der Waals surface area contributed by atoms with Crippen molar-refractivity contribution in [2.24, 2.45) is 0 Å². The Morgan fingerprint density at radius 3 is 2.67 bits per heavy atom. The Morgan fingerprint density at radius 1 is 1.61 bits per heavy atom. The van der Waals surface area contributed by atoms with E-state index in [0.29, 0.717) is 4.48 Å². The van der Waals surface area contributed by atoms with Crippen molar-refractivity contribution in [2.75, 3.05) is 12.3 Å². The molecule has 0 aliphatic carbocycles. The van der Waals surface area contributed by atoms with Crippen molar-refractivity contribution in [1.82, 2.24) is 4.72 Å². The van der Waals surface area contributed by atoms with Crippen LogP contribution in [0.1, 0.15) is 0 Å². The Kier molecular flexibility index (Phi) is 5.19. The Labute approximate surface area is 126 Å². The number of halogens is 4. The summed E-state index contributed by atoms with van der Waals surface area (Å²) >= 11 is 11.7. The summed E-state index contributed by atoms with van der Waals surface area (Å²) in [5.41, 5.74) is 5.05. The molecule has 0 saturated carbocycles. The highest BCUT2D eigenvalue weighted by atomic mass is 79.9. The van der Waals surface area contributed by atoms with Crippen molar-refractivity contribution in [3.05, 3.63) is 32.4 Å². The number of nitrogen functional groups attached to an aromatic ring is 1. The monoisotopic (exact) mass is 420 g/mol. The molecule has 0 aliphatic rings. The van der Waals surface area contributed by atoms with Crippen LogP contribution >= 0.6 is 43.5 Å². The molecule has 18 heavy (non-hydrogen) atoms. The Bertz CT molecular complexity index is 607. The van der Waals surface area contributed by atoms with Gasteiger partial charge >= 0.3 is 0 Å². The van der Waals surface area contributed by atoms with Gasteiger partial charge in [-0.1, -0.05) is 34.1 Å². The standard InChI is InChI=1S/C9H8Br2ClFN2O2S/c1-4(10)3-15-18(16,17)6-2-5(12)7(11)9(14)8(6)13/h2,15H,1,3,14H2. The van der Waals surface area contributed by atoms with E-state index in [4.69, 9.17) is 17.3 Å². The molecule has 100 valence electrons. The van der Waals surface area contributed by atoms with Crippen molar-refractivity contribution in [2.45, 2.75) is 4.90 Å². The predicted molar refractivity (Wildman–Crippen MR) is 76.8 cm³/mol. The van der Waals surface area contributed by atoms with E-state index in [0.717, 1.165) is 6.07 Å². The van der Waals surface area contributed by atoms with Gasteiger partial charge < -0.3 is 5.73 Å². The van der Waals surface area contributed by atoms with Gasteiger partial charge in [-0.3, -0.25) is 0 Å². The highest BCUT2D eigenvalue weighted by molar-refractivity contribution is 9.11. The first-order valence-corrected chi connectivity index (χ1v) is 7.87. The quantitative estimate of drug-likeness (QED) is 0.579. The third kappa shape index (κ3) is 3.45. The van der Waals surface area contributed by atoms with Gasteiger partial charge in [0.15, 0.2) is 5.82 Å². The van der Waals surface area contributed by atoms with Gasteiger partial charge in [0.2, 0.25) is 10.0 Å². The second kappa shape index (κ2) is 5.87. The van der Waals surface area contributed by atoms with Crippen LogP contribution in [0.4, 0.5) is 10.1 Å². The molecule has 0 atom stereocenters. The van der Waals surface area contributed by atoms with Crippen LogP contribution in [0.25, 0.3) is 0 Å².